The van der Waals surface area contributed by atoms with Gasteiger partial charge in [-0.15, -0.1) is 6.58 Å². The number of carbonyl (C=O) groups is 3. The first-order valence-corrected chi connectivity index (χ1v) is 16.3. The molecule has 3 aromatic rings. The Labute approximate surface area is 281 Å². The summed E-state index contributed by atoms with van der Waals surface area (Å²) < 4.78 is 37.0. The summed E-state index contributed by atoms with van der Waals surface area (Å²) in [6, 6.07) is 29.4. The molecule has 0 aliphatic carbocycles. The van der Waals surface area contributed by atoms with Gasteiger partial charge in [-0.3, -0.25) is 14.4 Å². The van der Waals surface area contributed by atoms with E-state index in [9.17, 15) is 14.4 Å². The van der Waals surface area contributed by atoms with Gasteiger partial charge in [0.1, 0.15) is 11.7 Å². The van der Waals surface area contributed by atoms with E-state index in [4.69, 9.17) is 28.4 Å². The van der Waals surface area contributed by atoms with Crippen LogP contribution in [0.1, 0.15) is 55.2 Å². The molecule has 0 amide bonds. The summed E-state index contributed by atoms with van der Waals surface area (Å²) in [7, 11) is 1.41. The van der Waals surface area contributed by atoms with E-state index in [1.54, 1.807) is 6.08 Å². The third kappa shape index (κ3) is 8.28. The number of hydrogen-bond acceptors (Lipinski definition) is 9. The second kappa shape index (κ2) is 17.0. The molecule has 9 nitrogen and oxygen atoms in total. The first-order valence-electron chi connectivity index (χ1n) is 16.3. The quantitative estimate of drug-likeness (QED) is 0.103. The van der Waals surface area contributed by atoms with E-state index >= 15 is 0 Å². The van der Waals surface area contributed by atoms with Crippen molar-refractivity contribution in [1.82, 2.24) is 0 Å². The number of hydrogen-bond donors (Lipinski definition) is 0. The van der Waals surface area contributed by atoms with Crippen LogP contribution in [0.4, 0.5) is 0 Å². The first kappa shape index (κ1) is 34.8. The molecule has 2 aliphatic heterocycles. The third-order valence-corrected chi connectivity index (χ3v) is 8.38. The van der Waals surface area contributed by atoms with Crippen molar-refractivity contribution in [1.29, 1.82) is 0 Å². The SMILES string of the molecule is C=CCCC(=O)O[C@H]1[C@@H]2OC(=O)CC/C=C/CCC(=O)O[C@@H]2[C@@H](OC)O[C@@H]1COC(c1ccccc1)(c1ccccc1)c1ccccc1. The lowest BCUT2D eigenvalue weighted by atomic mass is 9.80. The molecule has 0 spiro atoms. The van der Waals surface area contributed by atoms with Gasteiger partial charge in [0.15, 0.2) is 24.6 Å². The highest BCUT2D eigenvalue weighted by Crippen LogP contribution is 2.41. The molecule has 5 rings (SSSR count). The maximum Gasteiger partial charge on any atom is 0.306 e. The number of fused-ring (bicyclic) bond motifs is 1. The van der Waals surface area contributed by atoms with Crippen molar-refractivity contribution >= 4 is 17.9 Å². The van der Waals surface area contributed by atoms with Crippen molar-refractivity contribution < 1.29 is 42.8 Å². The Balaban J connectivity index is 1.57. The molecule has 0 aromatic heterocycles. The van der Waals surface area contributed by atoms with Crippen LogP contribution in [-0.4, -0.2) is 62.3 Å². The standard InChI is InChI=1S/C39H42O9/c1-3-4-24-32(40)46-35-31(45-38(43-2)37-36(35)47-33(41)25-16-5-6-17-26-34(42)48-37)27-44-39(28-18-10-7-11-19-28,29-20-12-8-13-21-29)30-22-14-9-15-23-30/h3,5-15,18-23,31,35-38H,1,4,16-17,24-27H2,2H3/b6-5+/t31-,35-,36+,37+,38+/m1/s1. The fraction of sp³-hybridized carbons (Fsp3) is 0.359. The monoisotopic (exact) mass is 654 g/mol. The lowest BCUT2D eigenvalue weighted by Crippen LogP contribution is -2.63. The van der Waals surface area contributed by atoms with E-state index in [0.29, 0.717) is 19.3 Å². The molecule has 1 fully saturated rings. The van der Waals surface area contributed by atoms with Crippen molar-refractivity contribution in [2.24, 2.45) is 0 Å². The molecule has 0 bridgehead atoms. The van der Waals surface area contributed by atoms with Gasteiger partial charge in [-0.2, -0.15) is 0 Å². The number of rotatable bonds is 11. The minimum Gasteiger partial charge on any atom is -0.455 e. The molecule has 48 heavy (non-hydrogen) atoms. The van der Waals surface area contributed by atoms with E-state index in [2.05, 4.69) is 6.58 Å². The van der Waals surface area contributed by atoms with Crippen LogP contribution in [0.25, 0.3) is 0 Å². The minimum absolute atomic E-state index is 0.0409. The Hall–Kier alpha value is -4.57. The second-order valence-electron chi connectivity index (χ2n) is 11.6. The van der Waals surface area contributed by atoms with Crippen molar-refractivity contribution in [3.8, 4) is 0 Å². The lowest BCUT2D eigenvalue weighted by molar-refractivity contribution is -0.306. The minimum atomic E-state index is -1.23. The molecule has 3 aromatic carbocycles. The van der Waals surface area contributed by atoms with Gasteiger partial charge in [0.25, 0.3) is 0 Å². The smallest absolute Gasteiger partial charge is 0.306 e. The van der Waals surface area contributed by atoms with Gasteiger partial charge in [0, 0.05) is 26.4 Å². The predicted octanol–water partition coefficient (Wildman–Crippen LogP) is 6.20. The average Bonchev–Trinajstić information content (AvgIpc) is 3.12. The molecular formula is C39H42O9. The third-order valence-electron chi connectivity index (χ3n) is 8.38. The van der Waals surface area contributed by atoms with Gasteiger partial charge in [0.05, 0.1) is 6.61 Å². The normalized spacial score (nSPS) is 24.1. The van der Waals surface area contributed by atoms with Crippen molar-refractivity contribution in [2.45, 2.75) is 74.8 Å². The first-order chi connectivity index (χ1) is 23.5. The number of esters is 3. The van der Waals surface area contributed by atoms with Crippen molar-refractivity contribution in [2.75, 3.05) is 13.7 Å². The van der Waals surface area contributed by atoms with Crippen molar-refractivity contribution in [3.05, 3.63) is 132 Å². The van der Waals surface area contributed by atoms with Gasteiger partial charge in [-0.1, -0.05) is 109 Å². The van der Waals surface area contributed by atoms with Gasteiger partial charge in [-0.25, -0.2) is 0 Å². The number of benzene rings is 3. The Morgan fingerprint density at radius 2 is 1.31 bits per heavy atom. The highest BCUT2D eigenvalue weighted by Gasteiger charge is 2.53. The van der Waals surface area contributed by atoms with Crippen LogP contribution >= 0.6 is 0 Å². The predicted molar refractivity (Wildman–Crippen MR) is 178 cm³/mol. The zero-order chi connectivity index (χ0) is 33.8. The molecule has 0 unspecified atom stereocenters. The number of ether oxygens (including phenoxy) is 6. The topological polar surface area (TPSA) is 107 Å². The molecule has 252 valence electrons. The van der Waals surface area contributed by atoms with E-state index in [1.807, 2.05) is 103 Å². The van der Waals surface area contributed by atoms with Gasteiger partial charge in [-0.05, 0) is 36.0 Å². The summed E-state index contributed by atoms with van der Waals surface area (Å²) >= 11 is 0. The van der Waals surface area contributed by atoms with E-state index < -0.39 is 54.2 Å². The highest BCUT2D eigenvalue weighted by molar-refractivity contribution is 5.72. The molecule has 9 heteroatoms. The fourth-order valence-electron chi connectivity index (χ4n) is 6.07. The summed E-state index contributed by atoms with van der Waals surface area (Å²) in [4.78, 5) is 39.2. The Morgan fingerprint density at radius 1 is 0.812 bits per heavy atom. The molecule has 0 N–H and O–H groups in total. The Bertz CT molecular complexity index is 1430. The Kier molecular flexibility index (Phi) is 12.3. The largest absolute Gasteiger partial charge is 0.455 e. The Morgan fingerprint density at radius 3 is 1.79 bits per heavy atom. The van der Waals surface area contributed by atoms with Crippen LogP contribution < -0.4 is 0 Å². The fourth-order valence-corrected chi connectivity index (χ4v) is 6.07. The van der Waals surface area contributed by atoms with E-state index in [-0.39, 0.29) is 25.9 Å². The number of methoxy groups -OCH3 is 1. The van der Waals surface area contributed by atoms with Gasteiger partial charge in [0.2, 0.25) is 0 Å². The summed E-state index contributed by atoms with van der Waals surface area (Å²) in [5, 5.41) is 0. The van der Waals surface area contributed by atoms with Gasteiger partial charge < -0.3 is 28.4 Å². The van der Waals surface area contributed by atoms with Crippen LogP contribution in [0.5, 0.6) is 0 Å². The number of allylic oxidation sites excluding steroid dienone is 3. The van der Waals surface area contributed by atoms with E-state index in [0.717, 1.165) is 16.7 Å². The molecule has 1 saturated heterocycles. The lowest BCUT2D eigenvalue weighted by Gasteiger charge is -2.45. The maximum atomic E-state index is 13.2. The molecule has 2 heterocycles. The zero-order valence-corrected chi connectivity index (χ0v) is 27.1. The van der Waals surface area contributed by atoms with Gasteiger partial charge >= 0.3 is 17.9 Å². The van der Waals surface area contributed by atoms with Crippen LogP contribution in [0, 0.1) is 0 Å². The average molecular weight is 655 g/mol. The second-order valence-corrected chi connectivity index (χ2v) is 11.6. The summed E-state index contributed by atoms with van der Waals surface area (Å²) in [6.07, 6.45) is 0.968. The molecule has 5 atom stereocenters. The highest BCUT2D eigenvalue weighted by atomic mass is 16.7. The van der Waals surface area contributed by atoms with E-state index in [1.165, 1.54) is 7.11 Å². The molecular weight excluding hydrogens is 612 g/mol. The maximum absolute atomic E-state index is 13.2. The summed E-state index contributed by atoms with van der Waals surface area (Å²) in [6.45, 7) is 3.57. The number of carbonyl (C=O) groups excluding carboxylic acids is 3. The van der Waals surface area contributed by atoms with Crippen LogP contribution in [0.2, 0.25) is 0 Å². The zero-order valence-electron chi connectivity index (χ0n) is 27.1. The van der Waals surface area contributed by atoms with Crippen molar-refractivity contribution in [3.63, 3.8) is 0 Å². The molecule has 2 aliphatic rings. The van der Waals surface area contributed by atoms with Crippen LogP contribution in [-0.2, 0) is 48.4 Å². The van der Waals surface area contributed by atoms with Crippen LogP contribution in [0.15, 0.2) is 116 Å². The molecule has 0 radical (unpaired) electrons. The summed E-state index contributed by atoms with van der Waals surface area (Å²) in [5.74, 6) is -1.62. The van der Waals surface area contributed by atoms with Crippen LogP contribution in [0.3, 0.4) is 0 Å². The summed E-state index contributed by atoms with van der Waals surface area (Å²) in [5.41, 5.74) is 1.46. The molecule has 0 saturated carbocycles.